The first kappa shape index (κ1) is 18.3. The molecule has 1 aromatic rings. The van der Waals surface area contributed by atoms with Gasteiger partial charge in [0, 0.05) is 24.6 Å². The molecule has 6 heteroatoms. The third-order valence-corrected chi connectivity index (χ3v) is 4.69. The number of fused-ring (bicyclic) bond motifs is 1. The normalized spacial score (nSPS) is 16.7. The molecule has 0 fully saturated rings. The Labute approximate surface area is 146 Å². The molecule has 0 saturated carbocycles. The van der Waals surface area contributed by atoms with Gasteiger partial charge in [0.15, 0.2) is 0 Å². The average molecular weight is 346 g/mol. The van der Waals surface area contributed by atoms with E-state index in [2.05, 4.69) is 11.9 Å². The Morgan fingerprint density at radius 1 is 1.46 bits per heavy atom. The second kappa shape index (κ2) is 8.70. The number of carbonyl (C=O) groups is 2. The Kier molecular flexibility index (Phi) is 6.63. The SMILES string of the molecule is C=CCN1C(=O)/C(=C\C(=O)NC(CC)COC)Sc2ccccc21. The molecule has 1 N–H and O–H groups in total. The quantitative estimate of drug-likeness (QED) is 0.609. The summed E-state index contributed by atoms with van der Waals surface area (Å²) < 4.78 is 5.08. The molecule has 0 bridgehead atoms. The maximum Gasteiger partial charge on any atom is 0.265 e. The van der Waals surface area contributed by atoms with Crippen LogP contribution in [0.25, 0.3) is 0 Å². The van der Waals surface area contributed by atoms with Crippen LogP contribution in [0.4, 0.5) is 5.69 Å². The van der Waals surface area contributed by atoms with E-state index in [1.807, 2.05) is 31.2 Å². The molecular weight excluding hydrogens is 324 g/mol. The van der Waals surface area contributed by atoms with Crippen LogP contribution in [-0.4, -0.2) is 38.1 Å². The first-order chi connectivity index (χ1) is 11.6. The number of hydrogen-bond donors (Lipinski definition) is 1. The van der Waals surface area contributed by atoms with Crippen molar-refractivity contribution in [3.05, 3.63) is 47.9 Å². The molecule has 1 unspecified atom stereocenters. The molecule has 1 atom stereocenters. The molecule has 0 spiro atoms. The van der Waals surface area contributed by atoms with Gasteiger partial charge in [-0.05, 0) is 18.6 Å². The fourth-order valence-electron chi connectivity index (χ4n) is 2.40. The van der Waals surface area contributed by atoms with Crippen molar-refractivity contribution in [3.63, 3.8) is 0 Å². The predicted octanol–water partition coefficient (Wildman–Crippen LogP) is 2.74. The van der Waals surface area contributed by atoms with Gasteiger partial charge >= 0.3 is 0 Å². The van der Waals surface area contributed by atoms with Crippen LogP contribution in [0, 0.1) is 0 Å². The van der Waals surface area contributed by atoms with Gasteiger partial charge in [-0.25, -0.2) is 0 Å². The summed E-state index contributed by atoms with van der Waals surface area (Å²) in [6.07, 6.45) is 3.81. The molecule has 1 aromatic carbocycles. The number of hydrogen-bond acceptors (Lipinski definition) is 4. The number of amides is 2. The lowest BCUT2D eigenvalue weighted by Gasteiger charge is -2.29. The Bertz CT molecular complexity index is 657. The maximum absolute atomic E-state index is 12.7. The number of rotatable bonds is 7. The van der Waals surface area contributed by atoms with E-state index in [1.165, 1.54) is 17.8 Å². The molecule has 0 aromatic heterocycles. The number of para-hydroxylation sites is 1. The lowest BCUT2D eigenvalue weighted by molar-refractivity contribution is -0.118. The van der Waals surface area contributed by atoms with Crippen molar-refractivity contribution in [3.8, 4) is 0 Å². The molecule has 5 nitrogen and oxygen atoms in total. The van der Waals surface area contributed by atoms with Crippen molar-refractivity contribution in [2.24, 2.45) is 0 Å². The second-order valence-electron chi connectivity index (χ2n) is 5.35. The highest BCUT2D eigenvalue weighted by Gasteiger charge is 2.28. The number of benzene rings is 1. The third kappa shape index (κ3) is 4.27. The fourth-order valence-corrected chi connectivity index (χ4v) is 3.43. The van der Waals surface area contributed by atoms with E-state index in [9.17, 15) is 9.59 Å². The van der Waals surface area contributed by atoms with Crippen LogP contribution in [0.1, 0.15) is 13.3 Å². The van der Waals surface area contributed by atoms with Gasteiger partial charge in [-0.2, -0.15) is 0 Å². The van der Waals surface area contributed by atoms with E-state index in [4.69, 9.17) is 4.74 Å². The van der Waals surface area contributed by atoms with Gasteiger partial charge in [-0.15, -0.1) is 6.58 Å². The number of nitrogens with zero attached hydrogens (tertiary/aromatic N) is 1. The molecule has 24 heavy (non-hydrogen) atoms. The van der Waals surface area contributed by atoms with E-state index >= 15 is 0 Å². The Balaban J connectivity index is 2.22. The second-order valence-corrected chi connectivity index (χ2v) is 6.44. The van der Waals surface area contributed by atoms with Crippen LogP contribution < -0.4 is 10.2 Å². The molecule has 2 rings (SSSR count). The summed E-state index contributed by atoms with van der Waals surface area (Å²) in [5.74, 6) is -0.471. The van der Waals surface area contributed by atoms with Crippen LogP contribution in [0.3, 0.4) is 0 Å². The first-order valence-electron chi connectivity index (χ1n) is 7.81. The number of nitrogens with one attached hydrogen (secondary N) is 1. The Morgan fingerprint density at radius 3 is 2.88 bits per heavy atom. The summed E-state index contributed by atoms with van der Waals surface area (Å²) in [4.78, 5) is 27.9. The van der Waals surface area contributed by atoms with Crippen molar-refractivity contribution in [2.45, 2.75) is 24.3 Å². The van der Waals surface area contributed by atoms with Crippen molar-refractivity contribution < 1.29 is 14.3 Å². The zero-order valence-corrected chi connectivity index (χ0v) is 14.8. The van der Waals surface area contributed by atoms with Gasteiger partial charge in [0.05, 0.1) is 23.2 Å². The van der Waals surface area contributed by atoms with Crippen LogP contribution in [0.15, 0.2) is 52.8 Å². The lowest BCUT2D eigenvalue weighted by Crippen LogP contribution is -2.38. The number of anilines is 1. The van der Waals surface area contributed by atoms with Gasteiger partial charge in [0.2, 0.25) is 5.91 Å². The average Bonchev–Trinajstić information content (AvgIpc) is 2.58. The molecule has 1 aliphatic rings. The number of methoxy groups -OCH3 is 1. The van der Waals surface area contributed by atoms with Crippen LogP contribution in [0.5, 0.6) is 0 Å². The smallest absolute Gasteiger partial charge is 0.265 e. The molecule has 1 aliphatic heterocycles. The van der Waals surface area contributed by atoms with Gasteiger partial charge in [0.1, 0.15) is 0 Å². The molecule has 0 saturated heterocycles. The summed E-state index contributed by atoms with van der Waals surface area (Å²) in [5, 5.41) is 2.86. The van der Waals surface area contributed by atoms with Crippen molar-refractivity contribution >= 4 is 29.3 Å². The van der Waals surface area contributed by atoms with E-state index < -0.39 is 0 Å². The Morgan fingerprint density at radius 2 is 2.21 bits per heavy atom. The highest BCUT2D eigenvalue weighted by molar-refractivity contribution is 8.04. The maximum atomic E-state index is 12.7. The van der Waals surface area contributed by atoms with Gasteiger partial charge < -0.3 is 15.0 Å². The molecule has 128 valence electrons. The van der Waals surface area contributed by atoms with Gasteiger partial charge in [-0.1, -0.05) is 36.9 Å². The monoisotopic (exact) mass is 346 g/mol. The summed E-state index contributed by atoms with van der Waals surface area (Å²) in [6, 6.07) is 7.57. The van der Waals surface area contributed by atoms with Gasteiger partial charge in [-0.3, -0.25) is 9.59 Å². The highest BCUT2D eigenvalue weighted by atomic mass is 32.2. The fraction of sp³-hybridized carbons (Fsp3) is 0.333. The number of thioether (sulfide) groups is 1. The first-order valence-corrected chi connectivity index (χ1v) is 8.63. The van der Waals surface area contributed by atoms with E-state index in [1.54, 1.807) is 18.1 Å². The van der Waals surface area contributed by atoms with Crippen molar-refractivity contribution in [1.82, 2.24) is 5.32 Å². The zero-order chi connectivity index (χ0) is 17.5. The van der Waals surface area contributed by atoms with E-state index in [0.29, 0.717) is 18.1 Å². The van der Waals surface area contributed by atoms with E-state index in [0.717, 1.165) is 17.0 Å². The third-order valence-electron chi connectivity index (χ3n) is 3.61. The topological polar surface area (TPSA) is 58.6 Å². The number of carbonyl (C=O) groups excluding carboxylic acids is 2. The summed E-state index contributed by atoms with van der Waals surface area (Å²) in [5.41, 5.74) is 0.843. The summed E-state index contributed by atoms with van der Waals surface area (Å²) >= 11 is 1.31. The minimum absolute atomic E-state index is 0.0698. The van der Waals surface area contributed by atoms with Crippen molar-refractivity contribution in [1.29, 1.82) is 0 Å². The van der Waals surface area contributed by atoms with E-state index in [-0.39, 0.29) is 17.9 Å². The van der Waals surface area contributed by atoms with Crippen LogP contribution in [0.2, 0.25) is 0 Å². The largest absolute Gasteiger partial charge is 0.383 e. The highest BCUT2D eigenvalue weighted by Crippen LogP contribution is 2.41. The Hall–Kier alpha value is -2.05. The van der Waals surface area contributed by atoms with Gasteiger partial charge in [0.25, 0.3) is 5.91 Å². The van der Waals surface area contributed by atoms with Crippen LogP contribution in [-0.2, 0) is 14.3 Å². The number of ether oxygens (including phenoxy) is 1. The standard InChI is InChI=1S/C18H22N2O3S/c1-4-10-20-14-8-6-7-9-15(14)24-16(18(20)22)11-17(21)19-13(5-2)12-23-3/h4,6-9,11,13H,1,5,10,12H2,2-3H3,(H,19,21)/b16-11+. The minimum atomic E-state index is -0.285. The minimum Gasteiger partial charge on any atom is -0.383 e. The lowest BCUT2D eigenvalue weighted by atomic mass is 10.2. The summed E-state index contributed by atoms with van der Waals surface area (Å²) in [7, 11) is 1.60. The van der Waals surface area contributed by atoms with Crippen LogP contribution >= 0.6 is 11.8 Å². The molecule has 0 aliphatic carbocycles. The van der Waals surface area contributed by atoms with Crippen molar-refractivity contribution in [2.75, 3.05) is 25.2 Å². The molecule has 1 heterocycles. The molecule has 0 radical (unpaired) electrons. The molecular formula is C18H22N2O3S. The predicted molar refractivity (Wildman–Crippen MR) is 97.0 cm³/mol. The molecule has 2 amide bonds. The zero-order valence-electron chi connectivity index (χ0n) is 14.0. The summed E-state index contributed by atoms with van der Waals surface area (Å²) in [6.45, 7) is 6.52.